The molecule has 0 bridgehead atoms. The summed E-state index contributed by atoms with van der Waals surface area (Å²) >= 11 is 0. The molecule has 7 nitrogen and oxygen atoms in total. The van der Waals surface area contributed by atoms with Crippen molar-refractivity contribution in [1.29, 1.82) is 0 Å². The highest BCUT2D eigenvalue weighted by Crippen LogP contribution is 2.28. The van der Waals surface area contributed by atoms with Crippen LogP contribution in [0.5, 0.6) is 0 Å². The van der Waals surface area contributed by atoms with Crippen LogP contribution in [0.4, 0.5) is 0 Å². The molecule has 242 valence electrons. The number of hydrogen-bond donors (Lipinski definition) is 2. The average molecular weight is 584 g/mol. The SMILES string of the molecule is CCCCCCCCCCC(O)CN(CCCC(=O)OC1COC2CCOC21)CC(O)CCCCCCCCCC. The molecule has 0 amide bonds. The number of unbranched alkanes of at least 4 members (excludes halogenated alkanes) is 14. The normalized spacial score (nSPS) is 21.8. The van der Waals surface area contributed by atoms with Crippen LogP contribution in [0.2, 0.25) is 0 Å². The molecule has 2 aliphatic heterocycles. The highest BCUT2D eigenvalue weighted by molar-refractivity contribution is 5.69. The minimum Gasteiger partial charge on any atom is -0.457 e. The van der Waals surface area contributed by atoms with Gasteiger partial charge in [0, 0.05) is 26.1 Å². The van der Waals surface area contributed by atoms with Gasteiger partial charge in [-0.3, -0.25) is 9.69 Å². The van der Waals surface area contributed by atoms with Gasteiger partial charge in [-0.15, -0.1) is 0 Å². The summed E-state index contributed by atoms with van der Waals surface area (Å²) in [5.74, 6) is -0.214. The Morgan fingerprint density at radius 1 is 0.756 bits per heavy atom. The molecular formula is C34H65NO6. The minimum atomic E-state index is -0.399. The van der Waals surface area contributed by atoms with Gasteiger partial charge in [0.2, 0.25) is 0 Å². The maximum absolute atomic E-state index is 12.5. The first-order chi connectivity index (χ1) is 20.0. The van der Waals surface area contributed by atoms with E-state index >= 15 is 0 Å². The fourth-order valence-corrected chi connectivity index (χ4v) is 6.27. The van der Waals surface area contributed by atoms with Crippen molar-refractivity contribution < 1.29 is 29.2 Å². The molecule has 0 aromatic carbocycles. The van der Waals surface area contributed by atoms with E-state index in [1.807, 2.05) is 0 Å². The van der Waals surface area contributed by atoms with E-state index in [0.29, 0.717) is 45.7 Å². The Morgan fingerprint density at radius 3 is 1.80 bits per heavy atom. The summed E-state index contributed by atoms with van der Waals surface area (Å²) in [5, 5.41) is 21.6. The van der Waals surface area contributed by atoms with E-state index in [4.69, 9.17) is 14.2 Å². The summed E-state index contributed by atoms with van der Waals surface area (Å²) in [6.07, 6.45) is 22.4. The van der Waals surface area contributed by atoms with Crippen molar-refractivity contribution in [2.75, 3.05) is 32.8 Å². The number of carbonyl (C=O) groups excluding carboxylic acids is 1. The second-order valence-electron chi connectivity index (χ2n) is 12.7. The van der Waals surface area contributed by atoms with Crippen LogP contribution in [-0.4, -0.2) is 84.5 Å². The zero-order chi connectivity index (χ0) is 29.5. The molecule has 5 unspecified atom stereocenters. The molecular weight excluding hydrogens is 518 g/mol. The van der Waals surface area contributed by atoms with E-state index in [1.165, 1.54) is 89.9 Å². The third-order valence-corrected chi connectivity index (χ3v) is 8.78. The summed E-state index contributed by atoms with van der Waals surface area (Å²) < 4.78 is 17.1. The Kier molecular flexibility index (Phi) is 21.1. The minimum absolute atomic E-state index is 0.0633. The first kappa shape index (κ1) is 36.5. The van der Waals surface area contributed by atoms with Crippen LogP contribution in [0.25, 0.3) is 0 Å². The molecule has 0 spiro atoms. The third-order valence-electron chi connectivity index (χ3n) is 8.78. The molecule has 2 fully saturated rings. The highest BCUT2D eigenvalue weighted by Gasteiger charge is 2.43. The number of esters is 1. The summed E-state index contributed by atoms with van der Waals surface area (Å²) in [4.78, 5) is 14.7. The lowest BCUT2D eigenvalue weighted by Gasteiger charge is -2.27. The molecule has 2 saturated heterocycles. The van der Waals surface area contributed by atoms with Gasteiger partial charge in [-0.1, -0.05) is 117 Å². The van der Waals surface area contributed by atoms with E-state index in [-0.39, 0.29) is 24.3 Å². The van der Waals surface area contributed by atoms with Gasteiger partial charge in [0.25, 0.3) is 0 Å². The zero-order valence-corrected chi connectivity index (χ0v) is 26.7. The van der Waals surface area contributed by atoms with Crippen molar-refractivity contribution >= 4 is 5.97 Å². The van der Waals surface area contributed by atoms with Gasteiger partial charge in [0.15, 0.2) is 6.10 Å². The van der Waals surface area contributed by atoms with Crippen LogP contribution in [-0.2, 0) is 19.0 Å². The molecule has 0 aliphatic carbocycles. The van der Waals surface area contributed by atoms with Gasteiger partial charge in [0.1, 0.15) is 6.10 Å². The van der Waals surface area contributed by atoms with Gasteiger partial charge >= 0.3 is 5.97 Å². The highest BCUT2D eigenvalue weighted by atomic mass is 16.6. The molecule has 2 heterocycles. The van der Waals surface area contributed by atoms with Crippen LogP contribution in [0.3, 0.4) is 0 Å². The van der Waals surface area contributed by atoms with E-state index in [0.717, 1.165) is 32.1 Å². The zero-order valence-electron chi connectivity index (χ0n) is 26.7. The third kappa shape index (κ3) is 17.2. The predicted octanol–water partition coefficient (Wildman–Crippen LogP) is 6.95. The summed E-state index contributed by atoms with van der Waals surface area (Å²) in [6.45, 7) is 7.35. The van der Waals surface area contributed by atoms with Crippen LogP contribution < -0.4 is 0 Å². The van der Waals surface area contributed by atoms with Crippen molar-refractivity contribution in [3.63, 3.8) is 0 Å². The van der Waals surface area contributed by atoms with Crippen LogP contribution in [0.1, 0.15) is 149 Å². The Balaban J connectivity index is 1.67. The van der Waals surface area contributed by atoms with E-state index in [1.54, 1.807) is 0 Å². The maximum Gasteiger partial charge on any atom is 0.306 e. The Bertz CT molecular complexity index is 606. The number of nitrogens with zero attached hydrogens (tertiary/aromatic N) is 1. The van der Waals surface area contributed by atoms with E-state index in [2.05, 4.69) is 18.7 Å². The monoisotopic (exact) mass is 583 g/mol. The number of ether oxygens (including phenoxy) is 3. The molecule has 2 rings (SSSR count). The van der Waals surface area contributed by atoms with E-state index in [9.17, 15) is 15.0 Å². The molecule has 2 aliphatic rings. The lowest BCUT2D eigenvalue weighted by Crippen LogP contribution is -2.39. The Hall–Kier alpha value is -0.730. The number of hydrogen-bond acceptors (Lipinski definition) is 7. The Morgan fingerprint density at radius 2 is 1.27 bits per heavy atom. The van der Waals surface area contributed by atoms with Gasteiger partial charge in [-0.05, 0) is 32.2 Å². The topological polar surface area (TPSA) is 88.5 Å². The van der Waals surface area contributed by atoms with Crippen molar-refractivity contribution in [3.8, 4) is 0 Å². The maximum atomic E-state index is 12.5. The summed E-state index contributed by atoms with van der Waals surface area (Å²) in [6, 6.07) is 0. The number of carbonyl (C=O) groups is 1. The molecule has 0 aromatic rings. The molecule has 7 heteroatoms. The summed E-state index contributed by atoms with van der Waals surface area (Å²) in [5.41, 5.74) is 0. The lowest BCUT2D eigenvalue weighted by atomic mass is 10.0. The molecule has 0 radical (unpaired) electrons. The summed E-state index contributed by atoms with van der Waals surface area (Å²) in [7, 11) is 0. The van der Waals surface area contributed by atoms with Gasteiger partial charge in [-0.25, -0.2) is 0 Å². The Labute approximate surface area is 252 Å². The molecule has 0 aromatic heterocycles. The standard InChI is InChI=1S/C34H65NO6/c1-3-5-7-9-11-13-15-17-20-29(36)26-35(27-30(37)21-18-16-14-12-10-8-6-4-2)24-19-22-33(38)41-32-28-40-31-23-25-39-34(31)32/h29-32,34,36-37H,3-28H2,1-2H3. The predicted molar refractivity (Wildman–Crippen MR) is 166 cm³/mol. The van der Waals surface area contributed by atoms with Crippen LogP contribution in [0.15, 0.2) is 0 Å². The molecule has 2 N–H and O–H groups in total. The second-order valence-corrected chi connectivity index (χ2v) is 12.7. The van der Waals surface area contributed by atoms with Gasteiger partial charge < -0.3 is 24.4 Å². The number of fused-ring (bicyclic) bond motifs is 1. The van der Waals surface area contributed by atoms with Gasteiger partial charge in [-0.2, -0.15) is 0 Å². The van der Waals surface area contributed by atoms with E-state index < -0.39 is 12.2 Å². The first-order valence-electron chi connectivity index (χ1n) is 17.5. The van der Waals surface area contributed by atoms with Crippen molar-refractivity contribution in [2.24, 2.45) is 0 Å². The van der Waals surface area contributed by atoms with Crippen molar-refractivity contribution in [2.45, 2.75) is 179 Å². The smallest absolute Gasteiger partial charge is 0.306 e. The average Bonchev–Trinajstić information content (AvgIpc) is 3.57. The van der Waals surface area contributed by atoms with Crippen LogP contribution >= 0.6 is 0 Å². The van der Waals surface area contributed by atoms with Gasteiger partial charge in [0.05, 0.1) is 24.9 Å². The van der Waals surface area contributed by atoms with Crippen LogP contribution in [0, 0.1) is 0 Å². The van der Waals surface area contributed by atoms with Crippen molar-refractivity contribution in [1.82, 2.24) is 4.90 Å². The number of aliphatic hydroxyl groups is 2. The second kappa shape index (κ2) is 23.7. The fourth-order valence-electron chi connectivity index (χ4n) is 6.27. The molecule has 5 atom stereocenters. The van der Waals surface area contributed by atoms with Crippen molar-refractivity contribution in [3.05, 3.63) is 0 Å². The first-order valence-corrected chi connectivity index (χ1v) is 17.5. The largest absolute Gasteiger partial charge is 0.457 e. The number of aliphatic hydroxyl groups excluding tert-OH is 2. The molecule has 0 saturated carbocycles. The lowest BCUT2D eigenvalue weighted by molar-refractivity contribution is -0.153. The fraction of sp³-hybridized carbons (Fsp3) is 0.971. The number of rotatable bonds is 27. The molecule has 41 heavy (non-hydrogen) atoms. The quantitative estimate of drug-likeness (QED) is 0.0799.